The Morgan fingerprint density at radius 2 is 2.08 bits per heavy atom. The number of halogens is 1. The number of amides is 1. The van der Waals surface area contributed by atoms with Crippen molar-refractivity contribution in [1.29, 1.82) is 0 Å². The molecule has 1 amide bonds. The maximum atomic E-state index is 11.8. The highest BCUT2D eigenvalue weighted by Crippen LogP contribution is 2.22. The first kappa shape index (κ1) is 16.7. The second-order valence-corrected chi connectivity index (χ2v) is 6.91. The summed E-state index contributed by atoms with van der Waals surface area (Å²) in [6.07, 6.45) is 5.03. The van der Waals surface area contributed by atoms with E-state index in [4.69, 9.17) is 11.6 Å². The third kappa shape index (κ3) is 4.66. The van der Waals surface area contributed by atoms with Crippen LogP contribution in [0.25, 0.3) is 16.3 Å². The maximum absolute atomic E-state index is 11.8. The zero-order chi connectivity index (χ0) is 16.8. The van der Waals surface area contributed by atoms with Gasteiger partial charge in [0.1, 0.15) is 0 Å². The second kappa shape index (κ2) is 8.08. The first-order valence-electron chi connectivity index (χ1n) is 7.77. The van der Waals surface area contributed by atoms with Crippen LogP contribution in [0, 0.1) is 0 Å². The highest BCUT2D eigenvalue weighted by atomic mass is 35.5. The smallest absolute Gasteiger partial charge is 0.243 e. The topological polar surface area (TPSA) is 42.0 Å². The SMILES string of the molecule is O=C(C=Cc1cccc(Cl)c1)NCCCc1nc2ccccc2s1. The molecular formula is C19H17ClN2OS. The number of hydrogen-bond donors (Lipinski definition) is 1. The molecule has 122 valence electrons. The number of aryl methyl sites for hydroxylation is 1. The minimum absolute atomic E-state index is 0.0979. The first-order valence-corrected chi connectivity index (χ1v) is 8.96. The Bertz CT molecular complexity index is 839. The lowest BCUT2D eigenvalue weighted by atomic mass is 10.2. The molecule has 0 radical (unpaired) electrons. The molecule has 0 spiro atoms. The maximum Gasteiger partial charge on any atom is 0.243 e. The lowest BCUT2D eigenvalue weighted by Crippen LogP contribution is -2.22. The Morgan fingerprint density at radius 1 is 1.21 bits per heavy atom. The minimum atomic E-state index is -0.0979. The molecule has 1 heterocycles. The van der Waals surface area contributed by atoms with E-state index in [9.17, 15) is 4.79 Å². The van der Waals surface area contributed by atoms with Crippen molar-refractivity contribution in [2.45, 2.75) is 12.8 Å². The van der Waals surface area contributed by atoms with Gasteiger partial charge in [0.05, 0.1) is 15.2 Å². The fourth-order valence-electron chi connectivity index (χ4n) is 2.32. The van der Waals surface area contributed by atoms with E-state index in [0.29, 0.717) is 11.6 Å². The fraction of sp³-hybridized carbons (Fsp3) is 0.158. The quantitative estimate of drug-likeness (QED) is 0.513. The molecule has 0 aliphatic carbocycles. The largest absolute Gasteiger partial charge is 0.353 e. The van der Waals surface area contributed by atoms with Gasteiger partial charge in [-0.2, -0.15) is 0 Å². The summed E-state index contributed by atoms with van der Waals surface area (Å²) in [6, 6.07) is 15.5. The predicted molar refractivity (Wildman–Crippen MR) is 101 cm³/mol. The van der Waals surface area contributed by atoms with Gasteiger partial charge in [-0.05, 0) is 42.3 Å². The number of carbonyl (C=O) groups excluding carboxylic acids is 1. The number of nitrogens with one attached hydrogen (secondary N) is 1. The molecule has 3 nitrogen and oxygen atoms in total. The predicted octanol–water partition coefficient (Wildman–Crippen LogP) is 4.71. The molecule has 3 aromatic rings. The lowest BCUT2D eigenvalue weighted by molar-refractivity contribution is -0.116. The fourth-order valence-corrected chi connectivity index (χ4v) is 3.53. The van der Waals surface area contributed by atoms with Crippen LogP contribution in [0.3, 0.4) is 0 Å². The van der Waals surface area contributed by atoms with Crippen LogP contribution in [-0.4, -0.2) is 17.4 Å². The van der Waals surface area contributed by atoms with Gasteiger partial charge in [-0.1, -0.05) is 35.9 Å². The van der Waals surface area contributed by atoms with E-state index in [2.05, 4.69) is 16.4 Å². The van der Waals surface area contributed by atoms with Crippen molar-refractivity contribution in [3.63, 3.8) is 0 Å². The Morgan fingerprint density at radius 3 is 2.92 bits per heavy atom. The van der Waals surface area contributed by atoms with Crippen molar-refractivity contribution in [3.05, 3.63) is 70.2 Å². The van der Waals surface area contributed by atoms with Crippen molar-refractivity contribution in [2.75, 3.05) is 6.54 Å². The van der Waals surface area contributed by atoms with Crippen LogP contribution >= 0.6 is 22.9 Å². The van der Waals surface area contributed by atoms with Gasteiger partial charge in [0, 0.05) is 24.1 Å². The van der Waals surface area contributed by atoms with Crippen molar-refractivity contribution in [1.82, 2.24) is 10.3 Å². The van der Waals surface area contributed by atoms with Gasteiger partial charge in [-0.25, -0.2) is 4.98 Å². The van der Waals surface area contributed by atoms with Crippen LogP contribution in [-0.2, 0) is 11.2 Å². The molecule has 0 atom stereocenters. The average Bonchev–Trinajstić information content (AvgIpc) is 3.00. The van der Waals surface area contributed by atoms with Gasteiger partial charge in [-0.3, -0.25) is 4.79 Å². The molecule has 0 bridgehead atoms. The Labute approximate surface area is 150 Å². The summed E-state index contributed by atoms with van der Waals surface area (Å²) in [5, 5.41) is 4.66. The van der Waals surface area contributed by atoms with E-state index in [1.165, 1.54) is 10.8 Å². The standard InChI is InChI=1S/C19H17ClN2OS/c20-15-6-3-5-14(13-15)10-11-18(23)21-12-4-9-19-22-16-7-1-2-8-17(16)24-19/h1-3,5-8,10-11,13H,4,9,12H2,(H,21,23). The minimum Gasteiger partial charge on any atom is -0.353 e. The summed E-state index contributed by atoms with van der Waals surface area (Å²) in [5.41, 5.74) is 1.96. The highest BCUT2D eigenvalue weighted by Gasteiger charge is 2.03. The van der Waals surface area contributed by atoms with E-state index < -0.39 is 0 Å². The first-order chi connectivity index (χ1) is 11.7. The molecule has 0 aliphatic rings. The zero-order valence-electron chi connectivity index (χ0n) is 13.0. The van der Waals surface area contributed by atoms with Crippen LogP contribution in [0.5, 0.6) is 0 Å². The van der Waals surface area contributed by atoms with Gasteiger partial charge in [0.2, 0.25) is 5.91 Å². The van der Waals surface area contributed by atoms with E-state index in [1.54, 1.807) is 23.5 Å². The number of nitrogens with zero attached hydrogens (tertiary/aromatic N) is 1. The van der Waals surface area contributed by atoms with E-state index in [1.807, 2.05) is 36.4 Å². The summed E-state index contributed by atoms with van der Waals surface area (Å²) in [5.74, 6) is -0.0979. The third-order valence-corrected chi connectivity index (χ3v) is 4.81. The summed E-state index contributed by atoms with van der Waals surface area (Å²) < 4.78 is 1.21. The van der Waals surface area contributed by atoms with Crippen LogP contribution in [0.15, 0.2) is 54.6 Å². The van der Waals surface area contributed by atoms with Crippen LogP contribution in [0.1, 0.15) is 17.0 Å². The summed E-state index contributed by atoms with van der Waals surface area (Å²) in [4.78, 5) is 16.4. The molecule has 0 unspecified atom stereocenters. The van der Waals surface area contributed by atoms with Crippen LogP contribution in [0.4, 0.5) is 0 Å². The van der Waals surface area contributed by atoms with Gasteiger partial charge >= 0.3 is 0 Å². The van der Waals surface area contributed by atoms with Crippen molar-refractivity contribution in [2.24, 2.45) is 0 Å². The molecule has 3 rings (SSSR count). The normalized spacial score (nSPS) is 11.2. The number of hydrogen-bond acceptors (Lipinski definition) is 3. The number of rotatable bonds is 6. The number of para-hydroxylation sites is 1. The summed E-state index contributed by atoms with van der Waals surface area (Å²) in [7, 11) is 0. The lowest BCUT2D eigenvalue weighted by Gasteiger charge is -2.00. The molecule has 1 N–H and O–H groups in total. The number of benzene rings is 2. The van der Waals surface area contributed by atoms with E-state index in [0.717, 1.165) is 28.9 Å². The van der Waals surface area contributed by atoms with Crippen molar-refractivity contribution in [3.8, 4) is 0 Å². The van der Waals surface area contributed by atoms with E-state index >= 15 is 0 Å². The third-order valence-electron chi connectivity index (χ3n) is 3.48. The second-order valence-electron chi connectivity index (χ2n) is 5.36. The molecule has 0 saturated carbocycles. The monoisotopic (exact) mass is 356 g/mol. The average molecular weight is 357 g/mol. The van der Waals surface area contributed by atoms with Gasteiger partial charge in [0.25, 0.3) is 0 Å². The summed E-state index contributed by atoms with van der Waals surface area (Å²) >= 11 is 7.63. The number of thiazole rings is 1. The number of carbonyl (C=O) groups is 1. The highest BCUT2D eigenvalue weighted by molar-refractivity contribution is 7.18. The molecular weight excluding hydrogens is 340 g/mol. The summed E-state index contributed by atoms with van der Waals surface area (Å²) in [6.45, 7) is 0.634. The molecule has 0 saturated heterocycles. The Balaban J connectivity index is 1.43. The number of aromatic nitrogens is 1. The zero-order valence-corrected chi connectivity index (χ0v) is 14.6. The molecule has 0 aliphatic heterocycles. The van der Waals surface area contributed by atoms with Gasteiger partial charge < -0.3 is 5.32 Å². The van der Waals surface area contributed by atoms with Gasteiger partial charge in [-0.15, -0.1) is 11.3 Å². The molecule has 2 aromatic carbocycles. The Hall–Kier alpha value is -2.17. The van der Waals surface area contributed by atoms with Crippen LogP contribution < -0.4 is 5.32 Å². The van der Waals surface area contributed by atoms with Crippen molar-refractivity contribution < 1.29 is 4.79 Å². The molecule has 5 heteroatoms. The van der Waals surface area contributed by atoms with E-state index in [-0.39, 0.29) is 5.91 Å². The van der Waals surface area contributed by atoms with Gasteiger partial charge in [0.15, 0.2) is 0 Å². The van der Waals surface area contributed by atoms with Crippen molar-refractivity contribution >= 4 is 45.1 Å². The Kier molecular flexibility index (Phi) is 5.62. The van der Waals surface area contributed by atoms with Crippen LogP contribution in [0.2, 0.25) is 5.02 Å². The number of fused-ring (bicyclic) bond motifs is 1. The molecule has 0 fully saturated rings. The molecule has 1 aromatic heterocycles. The molecule has 24 heavy (non-hydrogen) atoms.